The average molecular weight is 382 g/mol. The summed E-state index contributed by atoms with van der Waals surface area (Å²) in [5.41, 5.74) is 0. The van der Waals surface area contributed by atoms with Crippen molar-refractivity contribution in [2.45, 2.75) is 63.6 Å². The molecular weight excluding hydrogens is 346 g/mol. The Morgan fingerprint density at radius 1 is 1.00 bits per heavy atom. The Labute approximate surface area is 162 Å². The first kappa shape index (κ1) is 19.6. The van der Waals surface area contributed by atoms with E-state index in [1.807, 2.05) is 11.8 Å². The maximum absolute atomic E-state index is 13.2. The lowest BCUT2D eigenvalue weighted by atomic mass is 9.99. The minimum atomic E-state index is -0.00293. The van der Waals surface area contributed by atoms with Crippen molar-refractivity contribution in [1.29, 1.82) is 0 Å². The molecule has 27 heavy (non-hydrogen) atoms. The van der Waals surface area contributed by atoms with Crippen molar-refractivity contribution in [3.05, 3.63) is 0 Å². The number of likely N-dealkylation sites (tertiary alicyclic amines) is 1. The van der Waals surface area contributed by atoms with Gasteiger partial charge < -0.3 is 19.1 Å². The van der Waals surface area contributed by atoms with Crippen molar-refractivity contribution in [2.75, 3.05) is 59.0 Å². The third-order valence-corrected chi connectivity index (χ3v) is 6.46. The van der Waals surface area contributed by atoms with Crippen molar-refractivity contribution in [3.8, 4) is 0 Å². The van der Waals surface area contributed by atoms with Crippen molar-refractivity contribution in [2.24, 2.45) is 0 Å². The molecule has 0 aromatic heterocycles. The number of carbonyl (C=O) groups excluding carboxylic acids is 1. The minimum absolute atomic E-state index is 0.00293. The van der Waals surface area contributed by atoms with Crippen LogP contribution in [0.1, 0.15) is 33.1 Å². The SMILES string of the molecule is CC1CN(C(=O)C2CCCCN2CC2CN3CCO[C@H](C3)C(C)O2)CCO1. The van der Waals surface area contributed by atoms with E-state index in [2.05, 4.69) is 16.7 Å². The standard InChI is InChI=1S/C20H35N3O4/c1-15-11-23(8-10-25-15)20(24)18-5-3-4-6-22(18)13-17-12-21-7-9-26-19(14-21)16(2)27-17/h15-19H,3-14H2,1-2H3/t15?,16?,17?,18?,19-/m1/s1. The highest BCUT2D eigenvalue weighted by molar-refractivity contribution is 5.82. The van der Waals surface area contributed by atoms with Gasteiger partial charge in [-0.2, -0.15) is 0 Å². The zero-order valence-electron chi connectivity index (χ0n) is 16.8. The highest BCUT2D eigenvalue weighted by Crippen LogP contribution is 2.24. The summed E-state index contributed by atoms with van der Waals surface area (Å²) in [7, 11) is 0. The van der Waals surface area contributed by atoms with Crippen LogP contribution in [0.3, 0.4) is 0 Å². The Balaban J connectivity index is 1.40. The second-order valence-corrected chi connectivity index (χ2v) is 8.60. The second-order valence-electron chi connectivity index (χ2n) is 8.60. The molecule has 0 spiro atoms. The lowest BCUT2D eigenvalue weighted by Crippen LogP contribution is -2.56. The summed E-state index contributed by atoms with van der Waals surface area (Å²) in [4.78, 5) is 20.1. The van der Waals surface area contributed by atoms with Crippen molar-refractivity contribution >= 4 is 5.91 Å². The molecule has 5 unspecified atom stereocenters. The fourth-order valence-corrected chi connectivity index (χ4v) is 4.98. The number of rotatable bonds is 3. The fraction of sp³-hybridized carbons (Fsp3) is 0.950. The zero-order chi connectivity index (χ0) is 18.8. The predicted octanol–water partition coefficient (Wildman–Crippen LogP) is 0.576. The van der Waals surface area contributed by atoms with Crippen LogP contribution in [-0.2, 0) is 19.0 Å². The van der Waals surface area contributed by atoms with Gasteiger partial charge in [-0.3, -0.25) is 14.6 Å². The highest BCUT2D eigenvalue weighted by Gasteiger charge is 2.38. The van der Waals surface area contributed by atoms with E-state index >= 15 is 0 Å². The van der Waals surface area contributed by atoms with Crippen molar-refractivity contribution in [1.82, 2.24) is 14.7 Å². The topological polar surface area (TPSA) is 54.5 Å². The first-order chi connectivity index (χ1) is 13.1. The third kappa shape index (κ3) is 4.65. The van der Waals surface area contributed by atoms with Gasteiger partial charge in [-0.1, -0.05) is 6.42 Å². The second kappa shape index (κ2) is 8.74. The Morgan fingerprint density at radius 3 is 2.70 bits per heavy atom. The van der Waals surface area contributed by atoms with E-state index in [4.69, 9.17) is 14.2 Å². The van der Waals surface area contributed by atoms with E-state index in [-0.39, 0.29) is 36.4 Å². The Bertz CT molecular complexity index is 515. The fourth-order valence-electron chi connectivity index (χ4n) is 4.98. The predicted molar refractivity (Wildman–Crippen MR) is 102 cm³/mol. The molecule has 2 bridgehead atoms. The molecular formula is C20H35N3O4. The number of nitrogens with zero attached hydrogens (tertiary/aromatic N) is 3. The summed E-state index contributed by atoms with van der Waals surface area (Å²) in [6.07, 6.45) is 3.83. The molecule has 0 N–H and O–H groups in total. The monoisotopic (exact) mass is 381 g/mol. The molecule has 4 aliphatic rings. The molecule has 6 atom stereocenters. The molecule has 4 rings (SSSR count). The molecule has 4 saturated heterocycles. The smallest absolute Gasteiger partial charge is 0.240 e. The van der Waals surface area contributed by atoms with Gasteiger partial charge in [0.25, 0.3) is 0 Å². The molecule has 1 amide bonds. The van der Waals surface area contributed by atoms with E-state index in [1.54, 1.807) is 0 Å². The summed E-state index contributed by atoms with van der Waals surface area (Å²) in [5.74, 6) is 0.286. The maximum atomic E-state index is 13.2. The largest absolute Gasteiger partial charge is 0.375 e. The minimum Gasteiger partial charge on any atom is -0.375 e. The Morgan fingerprint density at radius 2 is 1.85 bits per heavy atom. The van der Waals surface area contributed by atoms with Crippen molar-refractivity contribution < 1.29 is 19.0 Å². The normalized spacial score (nSPS) is 41.2. The van der Waals surface area contributed by atoms with Gasteiger partial charge in [-0.15, -0.1) is 0 Å². The van der Waals surface area contributed by atoms with Crippen LogP contribution in [0.2, 0.25) is 0 Å². The molecule has 0 aromatic carbocycles. The van der Waals surface area contributed by atoms with Gasteiger partial charge in [0.15, 0.2) is 0 Å². The van der Waals surface area contributed by atoms with Crippen LogP contribution in [0.4, 0.5) is 0 Å². The van der Waals surface area contributed by atoms with E-state index in [9.17, 15) is 4.79 Å². The van der Waals surface area contributed by atoms with Gasteiger partial charge in [0.1, 0.15) is 0 Å². The lowest BCUT2D eigenvalue weighted by Gasteiger charge is -2.41. The van der Waals surface area contributed by atoms with Gasteiger partial charge in [0.05, 0.1) is 43.7 Å². The zero-order valence-corrected chi connectivity index (χ0v) is 16.8. The van der Waals surface area contributed by atoms with Crippen LogP contribution >= 0.6 is 0 Å². The van der Waals surface area contributed by atoms with Gasteiger partial charge in [0.2, 0.25) is 5.91 Å². The van der Waals surface area contributed by atoms with Crippen LogP contribution < -0.4 is 0 Å². The first-order valence-corrected chi connectivity index (χ1v) is 10.7. The Hall–Kier alpha value is -0.730. The summed E-state index contributed by atoms with van der Waals surface area (Å²) in [6.45, 7) is 11.8. The van der Waals surface area contributed by atoms with Crippen LogP contribution in [0.15, 0.2) is 0 Å². The van der Waals surface area contributed by atoms with E-state index in [1.165, 1.54) is 6.42 Å². The van der Waals surface area contributed by atoms with Crippen molar-refractivity contribution in [3.63, 3.8) is 0 Å². The molecule has 0 radical (unpaired) electrons. The molecule has 154 valence electrons. The maximum Gasteiger partial charge on any atom is 0.240 e. The van der Waals surface area contributed by atoms with E-state index < -0.39 is 0 Å². The Kier molecular flexibility index (Phi) is 6.34. The highest BCUT2D eigenvalue weighted by atomic mass is 16.6. The van der Waals surface area contributed by atoms with Gasteiger partial charge in [-0.25, -0.2) is 0 Å². The van der Waals surface area contributed by atoms with Gasteiger partial charge in [0, 0.05) is 39.3 Å². The van der Waals surface area contributed by atoms with Crippen LogP contribution in [0.5, 0.6) is 0 Å². The van der Waals surface area contributed by atoms with Crippen LogP contribution in [-0.4, -0.2) is 110 Å². The molecule has 4 heterocycles. The summed E-state index contributed by atoms with van der Waals surface area (Å²) < 4.78 is 17.9. The van der Waals surface area contributed by atoms with Gasteiger partial charge in [-0.05, 0) is 33.2 Å². The third-order valence-electron chi connectivity index (χ3n) is 6.46. The molecule has 0 aromatic rings. The molecule has 4 fully saturated rings. The van der Waals surface area contributed by atoms with Crippen LogP contribution in [0, 0.1) is 0 Å². The molecule has 7 nitrogen and oxygen atoms in total. The number of hydrogen-bond acceptors (Lipinski definition) is 6. The number of amides is 1. The quantitative estimate of drug-likeness (QED) is 0.713. The average Bonchev–Trinajstić information content (AvgIpc) is 2.77. The van der Waals surface area contributed by atoms with E-state index in [0.717, 1.165) is 58.7 Å². The summed E-state index contributed by atoms with van der Waals surface area (Å²) >= 11 is 0. The summed E-state index contributed by atoms with van der Waals surface area (Å²) in [5, 5.41) is 0. The molecule has 4 aliphatic heterocycles. The van der Waals surface area contributed by atoms with E-state index in [0.29, 0.717) is 13.2 Å². The number of fused-ring (bicyclic) bond motifs is 2. The summed E-state index contributed by atoms with van der Waals surface area (Å²) in [6, 6.07) is -0.00293. The number of hydrogen-bond donors (Lipinski definition) is 0. The molecule has 7 heteroatoms. The van der Waals surface area contributed by atoms with Gasteiger partial charge >= 0.3 is 0 Å². The number of morpholine rings is 2. The lowest BCUT2D eigenvalue weighted by molar-refractivity contribution is -0.146. The number of ether oxygens (including phenoxy) is 3. The first-order valence-electron chi connectivity index (χ1n) is 10.7. The van der Waals surface area contributed by atoms with Crippen LogP contribution in [0.25, 0.3) is 0 Å². The molecule has 0 aliphatic carbocycles. The number of piperidine rings is 1. The molecule has 0 saturated carbocycles. The number of carbonyl (C=O) groups is 1.